The van der Waals surface area contributed by atoms with Crippen LogP contribution in [0.25, 0.3) is 0 Å². The first kappa shape index (κ1) is 15.2. The molecule has 0 bridgehead atoms. The highest BCUT2D eigenvalue weighted by Gasteiger charge is 2.29. The predicted molar refractivity (Wildman–Crippen MR) is 71.7 cm³/mol. The Morgan fingerprint density at radius 2 is 1.95 bits per heavy atom. The molecule has 0 aromatic heterocycles. The first-order valence-corrected chi connectivity index (χ1v) is 8.02. The Kier molecular flexibility index (Phi) is 4.93. The van der Waals surface area contributed by atoms with Crippen LogP contribution in [0, 0.1) is 0 Å². The Bertz CT molecular complexity index is 540. The molecule has 0 radical (unpaired) electrons. The standard InChI is InChI=1S/C13H17F2NO3S/c14-13(15)20(17,18)12-6-2-1-5-11(12)16-10-4-3-8-19-9-7-10/h1-2,5-6,10,13,16H,3-4,7-9H2/t10-/m1/s1. The Hall–Kier alpha value is -1.21. The first-order chi connectivity index (χ1) is 9.51. The van der Waals surface area contributed by atoms with Crippen molar-refractivity contribution in [1.82, 2.24) is 0 Å². The predicted octanol–water partition coefficient (Wildman–Crippen LogP) is 2.66. The summed E-state index contributed by atoms with van der Waals surface area (Å²) in [6, 6.07) is 5.82. The van der Waals surface area contributed by atoms with Gasteiger partial charge < -0.3 is 10.1 Å². The van der Waals surface area contributed by atoms with E-state index in [0.29, 0.717) is 13.2 Å². The van der Waals surface area contributed by atoms with Crippen molar-refractivity contribution < 1.29 is 21.9 Å². The second-order valence-electron chi connectivity index (χ2n) is 4.69. The average Bonchev–Trinajstić information content (AvgIpc) is 2.67. The molecule has 0 spiro atoms. The highest BCUT2D eigenvalue weighted by Crippen LogP contribution is 2.27. The first-order valence-electron chi connectivity index (χ1n) is 6.47. The molecule has 7 heteroatoms. The highest BCUT2D eigenvalue weighted by molar-refractivity contribution is 7.91. The SMILES string of the molecule is O=S(=O)(c1ccccc1N[C@@H]1CCCOCC1)C(F)F. The number of ether oxygens (including phenoxy) is 1. The summed E-state index contributed by atoms with van der Waals surface area (Å²) < 4.78 is 54.0. The van der Waals surface area contributed by atoms with Crippen LogP contribution >= 0.6 is 0 Å². The lowest BCUT2D eigenvalue weighted by Gasteiger charge is -2.19. The monoisotopic (exact) mass is 305 g/mol. The fourth-order valence-corrected chi connectivity index (χ4v) is 3.09. The number of alkyl halides is 2. The van der Waals surface area contributed by atoms with Gasteiger partial charge in [-0.3, -0.25) is 0 Å². The van der Waals surface area contributed by atoms with Crippen LogP contribution in [0.3, 0.4) is 0 Å². The molecule has 1 saturated heterocycles. The summed E-state index contributed by atoms with van der Waals surface area (Å²) in [5.74, 6) is -3.41. The third kappa shape index (κ3) is 3.46. The van der Waals surface area contributed by atoms with Crippen molar-refractivity contribution in [3.63, 3.8) is 0 Å². The third-order valence-electron chi connectivity index (χ3n) is 3.24. The van der Waals surface area contributed by atoms with Crippen LogP contribution in [-0.4, -0.2) is 33.4 Å². The zero-order valence-electron chi connectivity index (χ0n) is 10.9. The lowest BCUT2D eigenvalue weighted by atomic mass is 10.1. The summed E-state index contributed by atoms with van der Waals surface area (Å²) >= 11 is 0. The van der Waals surface area contributed by atoms with Crippen molar-refractivity contribution >= 4 is 15.5 Å². The molecular formula is C13H17F2NO3S. The number of halogens is 2. The molecule has 1 aliphatic heterocycles. The van der Waals surface area contributed by atoms with Crippen LogP contribution in [0.4, 0.5) is 14.5 Å². The van der Waals surface area contributed by atoms with Crippen LogP contribution in [0.5, 0.6) is 0 Å². The molecule has 1 N–H and O–H groups in total. The topological polar surface area (TPSA) is 55.4 Å². The fraction of sp³-hybridized carbons (Fsp3) is 0.538. The van der Waals surface area contributed by atoms with E-state index in [1.807, 2.05) is 0 Å². The van der Waals surface area contributed by atoms with Gasteiger partial charge in [-0.05, 0) is 31.4 Å². The maximum atomic E-state index is 12.7. The Balaban J connectivity index is 2.24. The van der Waals surface area contributed by atoms with Crippen molar-refractivity contribution in [1.29, 1.82) is 0 Å². The summed E-state index contributed by atoms with van der Waals surface area (Å²) in [7, 11) is -4.59. The van der Waals surface area contributed by atoms with Gasteiger partial charge in [0.25, 0.3) is 0 Å². The van der Waals surface area contributed by atoms with Crippen molar-refractivity contribution in [2.75, 3.05) is 18.5 Å². The number of sulfone groups is 1. The second kappa shape index (κ2) is 6.49. The summed E-state index contributed by atoms with van der Waals surface area (Å²) in [5.41, 5.74) is 0.236. The van der Waals surface area contributed by atoms with Crippen LogP contribution in [0.1, 0.15) is 19.3 Å². The van der Waals surface area contributed by atoms with Gasteiger partial charge >= 0.3 is 5.76 Å². The van der Waals surface area contributed by atoms with Gasteiger partial charge in [0.05, 0.1) is 10.6 Å². The van der Waals surface area contributed by atoms with E-state index in [9.17, 15) is 17.2 Å². The van der Waals surface area contributed by atoms with E-state index in [-0.39, 0.29) is 16.6 Å². The molecule has 0 saturated carbocycles. The normalized spacial score (nSPS) is 20.6. The molecule has 1 aliphatic rings. The second-order valence-corrected chi connectivity index (χ2v) is 6.57. The molecule has 2 rings (SSSR count). The molecule has 112 valence electrons. The van der Waals surface area contributed by atoms with Crippen LogP contribution in [0.2, 0.25) is 0 Å². The highest BCUT2D eigenvalue weighted by atomic mass is 32.2. The Labute approximate surface area is 117 Å². The van der Waals surface area contributed by atoms with E-state index in [0.717, 1.165) is 19.3 Å². The molecule has 1 heterocycles. The molecule has 1 aromatic rings. The summed E-state index contributed by atoms with van der Waals surface area (Å²) in [4.78, 5) is -0.347. The Morgan fingerprint density at radius 1 is 1.20 bits per heavy atom. The van der Waals surface area contributed by atoms with Crippen molar-refractivity contribution in [2.24, 2.45) is 0 Å². The van der Waals surface area contributed by atoms with Gasteiger partial charge in [-0.2, -0.15) is 8.78 Å². The van der Waals surface area contributed by atoms with Gasteiger partial charge in [0.15, 0.2) is 0 Å². The number of para-hydroxylation sites is 1. The summed E-state index contributed by atoms with van der Waals surface area (Å²) in [5, 5.41) is 3.06. The van der Waals surface area contributed by atoms with Crippen LogP contribution in [-0.2, 0) is 14.6 Å². The van der Waals surface area contributed by atoms with Crippen LogP contribution < -0.4 is 5.32 Å². The zero-order chi connectivity index (χ0) is 14.6. The van der Waals surface area contributed by atoms with Gasteiger partial charge in [-0.15, -0.1) is 0 Å². The number of nitrogens with one attached hydrogen (secondary N) is 1. The molecule has 0 aliphatic carbocycles. The number of hydrogen-bond donors (Lipinski definition) is 1. The van der Waals surface area contributed by atoms with Crippen LogP contribution in [0.15, 0.2) is 29.2 Å². The van der Waals surface area contributed by atoms with Gasteiger partial charge in [0.2, 0.25) is 9.84 Å². The molecule has 4 nitrogen and oxygen atoms in total. The number of benzene rings is 1. The van der Waals surface area contributed by atoms with Gasteiger partial charge in [-0.1, -0.05) is 12.1 Å². The third-order valence-corrected chi connectivity index (χ3v) is 4.68. The molecule has 20 heavy (non-hydrogen) atoms. The molecular weight excluding hydrogens is 288 g/mol. The largest absolute Gasteiger partial charge is 0.381 e. The van der Waals surface area contributed by atoms with E-state index in [1.165, 1.54) is 18.2 Å². The molecule has 1 fully saturated rings. The molecule has 0 amide bonds. The smallest absolute Gasteiger partial charge is 0.341 e. The number of rotatable bonds is 4. The van der Waals surface area contributed by atoms with Crippen molar-refractivity contribution in [2.45, 2.75) is 36.0 Å². The minimum absolute atomic E-state index is 0.0338. The van der Waals surface area contributed by atoms with Gasteiger partial charge in [0.1, 0.15) is 0 Å². The van der Waals surface area contributed by atoms with E-state index < -0.39 is 15.6 Å². The minimum atomic E-state index is -4.59. The molecule has 1 atom stereocenters. The Morgan fingerprint density at radius 3 is 2.70 bits per heavy atom. The minimum Gasteiger partial charge on any atom is -0.381 e. The summed E-state index contributed by atoms with van der Waals surface area (Å²) in [6.45, 7) is 1.26. The maximum Gasteiger partial charge on any atom is 0.341 e. The fourth-order valence-electron chi connectivity index (χ4n) is 2.20. The lowest BCUT2D eigenvalue weighted by Crippen LogP contribution is -2.22. The van der Waals surface area contributed by atoms with Gasteiger partial charge in [0, 0.05) is 19.3 Å². The molecule has 1 aromatic carbocycles. The van der Waals surface area contributed by atoms with E-state index in [4.69, 9.17) is 4.74 Å². The van der Waals surface area contributed by atoms with E-state index in [2.05, 4.69) is 5.32 Å². The van der Waals surface area contributed by atoms with Crippen molar-refractivity contribution in [3.05, 3.63) is 24.3 Å². The van der Waals surface area contributed by atoms with E-state index >= 15 is 0 Å². The summed E-state index contributed by atoms with van der Waals surface area (Å²) in [6.07, 6.45) is 2.41. The average molecular weight is 305 g/mol. The quantitative estimate of drug-likeness (QED) is 0.929. The lowest BCUT2D eigenvalue weighted by molar-refractivity contribution is 0.144. The maximum absolute atomic E-state index is 12.7. The zero-order valence-corrected chi connectivity index (χ0v) is 11.7. The van der Waals surface area contributed by atoms with Gasteiger partial charge in [-0.25, -0.2) is 8.42 Å². The van der Waals surface area contributed by atoms with E-state index in [1.54, 1.807) is 6.07 Å². The number of hydrogen-bond acceptors (Lipinski definition) is 4. The van der Waals surface area contributed by atoms with Crippen molar-refractivity contribution in [3.8, 4) is 0 Å². The molecule has 0 unspecified atom stereocenters. The number of anilines is 1.